The Labute approximate surface area is 126 Å². The van der Waals surface area contributed by atoms with Crippen LogP contribution in [0.2, 0.25) is 0 Å². The molecule has 5 nitrogen and oxygen atoms in total. The van der Waals surface area contributed by atoms with Crippen LogP contribution in [0.4, 0.5) is 11.4 Å². The Balaban J connectivity index is 2.67. The van der Waals surface area contributed by atoms with Crippen LogP contribution in [0.25, 0.3) is 0 Å². The van der Waals surface area contributed by atoms with Crippen molar-refractivity contribution in [1.82, 2.24) is 0 Å². The lowest BCUT2D eigenvalue weighted by molar-refractivity contribution is -0.120. The van der Waals surface area contributed by atoms with Gasteiger partial charge in [-0.3, -0.25) is 9.59 Å². The van der Waals surface area contributed by atoms with Crippen molar-refractivity contribution in [3.05, 3.63) is 24.3 Å². The minimum absolute atomic E-state index is 0.0402. The smallest absolute Gasteiger partial charge is 0.241 e. The number of hydrogen-bond acceptors (Lipinski definition) is 3. The van der Waals surface area contributed by atoms with Crippen molar-refractivity contribution >= 4 is 23.2 Å². The fourth-order valence-corrected chi connectivity index (χ4v) is 1.54. The number of benzene rings is 1. The molecule has 21 heavy (non-hydrogen) atoms. The Morgan fingerprint density at radius 3 is 1.67 bits per heavy atom. The second kappa shape index (κ2) is 6.72. The lowest BCUT2D eigenvalue weighted by Crippen LogP contribution is -2.45. The van der Waals surface area contributed by atoms with E-state index in [1.54, 1.807) is 24.3 Å². The van der Waals surface area contributed by atoms with E-state index in [-0.39, 0.29) is 23.1 Å². The van der Waals surface area contributed by atoms with E-state index < -0.39 is 6.04 Å². The Bertz CT molecular complexity index is 501. The van der Waals surface area contributed by atoms with E-state index in [0.717, 1.165) is 0 Å². The van der Waals surface area contributed by atoms with E-state index in [0.29, 0.717) is 11.4 Å². The number of anilines is 2. The lowest BCUT2D eigenvalue weighted by Gasteiger charge is -2.25. The molecule has 1 rings (SSSR count). The summed E-state index contributed by atoms with van der Waals surface area (Å²) in [6.45, 7) is 9.42. The standard InChI is InChI=1S/C16H25N3O2/c1-10(2)14(20)18-11-6-8-12(9-7-11)19-15(21)13(17)16(3,4)5/h6-10,13H,17H2,1-5H3,(H,18,20)(H,19,21)/t13-/m0/s1. The molecule has 0 aliphatic rings. The monoisotopic (exact) mass is 291 g/mol. The summed E-state index contributed by atoms with van der Waals surface area (Å²) in [6, 6.07) is 6.39. The van der Waals surface area contributed by atoms with Gasteiger partial charge in [-0.05, 0) is 29.7 Å². The van der Waals surface area contributed by atoms with Crippen molar-refractivity contribution < 1.29 is 9.59 Å². The zero-order valence-electron chi connectivity index (χ0n) is 13.4. The van der Waals surface area contributed by atoms with Crippen LogP contribution in [0.5, 0.6) is 0 Å². The predicted molar refractivity (Wildman–Crippen MR) is 86.0 cm³/mol. The topological polar surface area (TPSA) is 84.2 Å². The first-order valence-electron chi connectivity index (χ1n) is 7.08. The summed E-state index contributed by atoms with van der Waals surface area (Å²) in [7, 11) is 0. The highest BCUT2D eigenvalue weighted by atomic mass is 16.2. The number of amides is 2. The molecule has 0 radical (unpaired) electrons. The Kier molecular flexibility index (Phi) is 5.49. The average molecular weight is 291 g/mol. The van der Waals surface area contributed by atoms with Gasteiger partial charge in [0, 0.05) is 17.3 Å². The molecule has 1 atom stereocenters. The summed E-state index contributed by atoms with van der Waals surface area (Å²) in [5.41, 5.74) is 6.96. The van der Waals surface area contributed by atoms with Crippen molar-refractivity contribution in [2.45, 2.75) is 40.7 Å². The molecule has 0 saturated heterocycles. The first-order valence-corrected chi connectivity index (χ1v) is 7.08. The second-order valence-corrected chi connectivity index (χ2v) is 6.55. The number of rotatable bonds is 4. The number of nitrogens with one attached hydrogen (secondary N) is 2. The van der Waals surface area contributed by atoms with E-state index in [9.17, 15) is 9.59 Å². The SMILES string of the molecule is CC(C)C(=O)Nc1ccc(NC(=O)[C@H](N)C(C)(C)C)cc1. The summed E-state index contributed by atoms with van der Waals surface area (Å²) in [4.78, 5) is 23.6. The van der Waals surface area contributed by atoms with E-state index in [1.807, 2.05) is 34.6 Å². The quantitative estimate of drug-likeness (QED) is 0.797. The van der Waals surface area contributed by atoms with E-state index in [1.165, 1.54) is 0 Å². The van der Waals surface area contributed by atoms with Gasteiger partial charge >= 0.3 is 0 Å². The zero-order chi connectivity index (χ0) is 16.2. The van der Waals surface area contributed by atoms with Gasteiger partial charge in [-0.1, -0.05) is 34.6 Å². The van der Waals surface area contributed by atoms with Gasteiger partial charge in [-0.15, -0.1) is 0 Å². The van der Waals surface area contributed by atoms with Gasteiger partial charge < -0.3 is 16.4 Å². The molecule has 0 aromatic heterocycles. The number of carbonyl (C=O) groups excluding carboxylic acids is 2. The molecule has 4 N–H and O–H groups in total. The van der Waals surface area contributed by atoms with Crippen LogP contribution in [0.3, 0.4) is 0 Å². The van der Waals surface area contributed by atoms with E-state index in [2.05, 4.69) is 10.6 Å². The molecule has 2 amide bonds. The van der Waals surface area contributed by atoms with Crippen LogP contribution in [-0.4, -0.2) is 17.9 Å². The molecule has 0 aliphatic carbocycles. The van der Waals surface area contributed by atoms with Crippen LogP contribution in [0.15, 0.2) is 24.3 Å². The first kappa shape index (κ1) is 17.2. The Hall–Kier alpha value is -1.88. The maximum absolute atomic E-state index is 12.0. The van der Waals surface area contributed by atoms with Crippen LogP contribution in [-0.2, 0) is 9.59 Å². The predicted octanol–water partition coefficient (Wildman–Crippen LogP) is 2.59. The van der Waals surface area contributed by atoms with Crippen LogP contribution in [0, 0.1) is 11.3 Å². The third-order valence-corrected chi connectivity index (χ3v) is 3.16. The summed E-state index contributed by atoms with van der Waals surface area (Å²) >= 11 is 0. The van der Waals surface area contributed by atoms with Gasteiger partial charge in [0.25, 0.3) is 0 Å². The average Bonchev–Trinajstić information content (AvgIpc) is 2.38. The van der Waals surface area contributed by atoms with Crippen molar-refractivity contribution in [1.29, 1.82) is 0 Å². The molecule has 5 heteroatoms. The summed E-state index contributed by atoms with van der Waals surface area (Å²) in [6.07, 6.45) is 0. The number of carbonyl (C=O) groups is 2. The molecule has 1 aromatic carbocycles. The Morgan fingerprint density at radius 1 is 0.952 bits per heavy atom. The minimum Gasteiger partial charge on any atom is -0.326 e. The molecule has 0 bridgehead atoms. The van der Waals surface area contributed by atoms with E-state index in [4.69, 9.17) is 5.73 Å². The highest BCUT2D eigenvalue weighted by molar-refractivity contribution is 5.96. The Morgan fingerprint density at radius 2 is 1.33 bits per heavy atom. The molecule has 0 fully saturated rings. The highest BCUT2D eigenvalue weighted by Crippen LogP contribution is 2.20. The second-order valence-electron chi connectivity index (χ2n) is 6.55. The highest BCUT2D eigenvalue weighted by Gasteiger charge is 2.27. The molecule has 116 valence electrons. The zero-order valence-corrected chi connectivity index (χ0v) is 13.4. The molecular formula is C16H25N3O2. The molecule has 0 heterocycles. The van der Waals surface area contributed by atoms with Crippen molar-refractivity contribution in [2.75, 3.05) is 10.6 Å². The van der Waals surface area contributed by atoms with Crippen LogP contribution in [0.1, 0.15) is 34.6 Å². The fourth-order valence-electron chi connectivity index (χ4n) is 1.54. The molecule has 0 spiro atoms. The minimum atomic E-state index is -0.585. The molecular weight excluding hydrogens is 266 g/mol. The maximum atomic E-state index is 12.0. The number of nitrogens with two attached hydrogens (primary N) is 1. The van der Waals surface area contributed by atoms with Gasteiger partial charge in [0.2, 0.25) is 11.8 Å². The normalized spacial score (nSPS) is 12.9. The van der Waals surface area contributed by atoms with Crippen LogP contribution < -0.4 is 16.4 Å². The third-order valence-electron chi connectivity index (χ3n) is 3.16. The summed E-state index contributed by atoms with van der Waals surface area (Å²) < 4.78 is 0. The first-order chi connectivity index (χ1) is 9.61. The van der Waals surface area contributed by atoms with Crippen molar-refractivity contribution in [3.8, 4) is 0 Å². The van der Waals surface area contributed by atoms with Crippen molar-refractivity contribution in [2.24, 2.45) is 17.1 Å². The molecule has 0 unspecified atom stereocenters. The van der Waals surface area contributed by atoms with Gasteiger partial charge in [-0.2, -0.15) is 0 Å². The van der Waals surface area contributed by atoms with Gasteiger partial charge in [0.15, 0.2) is 0 Å². The van der Waals surface area contributed by atoms with Gasteiger partial charge in [-0.25, -0.2) is 0 Å². The molecule has 0 saturated carbocycles. The molecule has 1 aromatic rings. The van der Waals surface area contributed by atoms with E-state index >= 15 is 0 Å². The van der Waals surface area contributed by atoms with Gasteiger partial charge in [0.1, 0.15) is 0 Å². The molecule has 0 aliphatic heterocycles. The summed E-state index contributed by atoms with van der Waals surface area (Å²) in [5.74, 6) is -0.336. The fraction of sp³-hybridized carbons (Fsp3) is 0.500. The largest absolute Gasteiger partial charge is 0.326 e. The van der Waals surface area contributed by atoms with Crippen molar-refractivity contribution in [3.63, 3.8) is 0 Å². The summed E-state index contributed by atoms with van der Waals surface area (Å²) in [5, 5.41) is 5.57. The van der Waals surface area contributed by atoms with Gasteiger partial charge in [0.05, 0.1) is 6.04 Å². The lowest BCUT2D eigenvalue weighted by atomic mass is 9.87. The van der Waals surface area contributed by atoms with Crippen LogP contribution >= 0.6 is 0 Å². The number of hydrogen-bond donors (Lipinski definition) is 3. The third kappa shape index (κ3) is 5.19. The maximum Gasteiger partial charge on any atom is 0.241 e.